The van der Waals surface area contributed by atoms with E-state index in [1.54, 1.807) is 0 Å². The van der Waals surface area contributed by atoms with Gasteiger partial charge in [-0.05, 0) is 37.1 Å². The summed E-state index contributed by atoms with van der Waals surface area (Å²) in [4.78, 5) is 0. The molecule has 1 N–H and O–H groups in total. The zero-order valence-corrected chi connectivity index (χ0v) is 9.64. The Balaban J connectivity index is 2.02. The molecule has 0 spiro atoms. The molecule has 0 aromatic carbocycles. The highest BCUT2D eigenvalue weighted by Crippen LogP contribution is 2.33. The molecule has 0 aromatic heterocycles. The van der Waals surface area contributed by atoms with Crippen LogP contribution in [0.4, 0.5) is 0 Å². The van der Waals surface area contributed by atoms with Crippen LogP contribution in [0.5, 0.6) is 0 Å². The van der Waals surface area contributed by atoms with Gasteiger partial charge in [0.25, 0.3) is 0 Å². The number of rotatable bonds is 5. The average Bonchev–Trinajstić information content (AvgIpc) is 2.00. The van der Waals surface area contributed by atoms with Crippen LogP contribution in [-0.2, 0) is 0 Å². The molecule has 0 aromatic rings. The third-order valence-corrected chi connectivity index (χ3v) is 3.57. The second kappa shape index (κ2) is 4.99. The molecule has 1 atom stereocenters. The van der Waals surface area contributed by atoms with Gasteiger partial charge in [0.05, 0.1) is 0 Å². The predicted octanol–water partition coefficient (Wildman–Crippen LogP) is 3.06. The Hall–Kier alpha value is -0.0400. The third kappa shape index (κ3) is 3.30. The fourth-order valence-corrected chi connectivity index (χ4v) is 1.89. The van der Waals surface area contributed by atoms with Gasteiger partial charge >= 0.3 is 0 Å². The van der Waals surface area contributed by atoms with E-state index in [2.05, 4.69) is 33.0 Å². The molecule has 1 unspecified atom stereocenters. The molecule has 1 rings (SSSR count). The van der Waals surface area contributed by atoms with Crippen molar-refractivity contribution >= 4 is 0 Å². The van der Waals surface area contributed by atoms with Crippen LogP contribution in [-0.4, -0.2) is 12.6 Å². The van der Waals surface area contributed by atoms with E-state index in [0.29, 0.717) is 0 Å². The normalized spacial score (nSPS) is 30.2. The van der Waals surface area contributed by atoms with Gasteiger partial charge in [-0.3, -0.25) is 0 Å². The van der Waals surface area contributed by atoms with Crippen LogP contribution < -0.4 is 5.32 Å². The maximum Gasteiger partial charge on any atom is 0.00726 e. The molecule has 0 radical (unpaired) electrons. The molecule has 0 bridgehead atoms. The van der Waals surface area contributed by atoms with Crippen molar-refractivity contribution in [2.45, 2.75) is 53.0 Å². The summed E-state index contributed by atoms with van der Waals surface area (Å²) >= 11 is 0. The molecule has 0 aliphatic heterocycles. The Bertz CT molecular complexity index is 136. The average molecular weight is 183 g/mol. The second-order valence-electron chi connectivity index (χ2n) is 5.09. The van der Waals surface area contributed by atoms with Gasteiger partial charge in [0, 0.05) is 6.04 Å². The quantitative estimate of drug-likeness (QED) is 0.691. The molecule has 1 heteroatoms. The van der Waals surface area contributed by atoms with E-state index in [0.717, 1.165) is 23.8 Å². The minimum absolute atomic E-state index is 0.835. The van der Waals surface area contributed by atoms with E-state index >= 15 is 0 Å². The zero-order valence-electron chi connectivity index (χ0n) is 9.64. The summed E-state index contributed by atoms with van der Waals surface area (Å²) < 4.78 is 0. The molecular formula is C12H25N. The summed E-state index contributed by atoms with van der Waals surface area (Å²) in [5.41, 5.74) is 0. The summed E-state index contributed by atoms with van der Waals surface area (Å²) in [6, 6.07) is 0.835. The Labute approximate surface area is 83.3 Å². The maximum absolute atomic E-state index is 3.65. The standard InChI is InChI=1S/C12H25N/c1-5-10(4)8-13-12-6-11(7-12)9(2)3/h9-13H,5-8H2,1-4H3. The van der Waals surface area contributed by atoms with Crippen molar-refractivity contribution in [2.75, 3.05) is 6.54 Å². The van der Waals surface area contributed by atoms with Gasteiger partial charge < -0.3 is 5.32 Å². The molecule has 1 aliphatic rings. The molecular weight excluding hydrogens is 158 g/mol. The van der Waals surface area contributed by atoms with E-state index in [4.69, 9.17) is 0 Å². The van der Waals surface area contributed by atoms with Crippen molar-refractivity contribution in [3.63, 3.8) is 0 Å². The molecule has 0 saturated heterocycles. The Kier molecular flexibility index (Phi) is 4.24. The third-order valence-electron chi connectivity index (χ3n) is 3.57. The van der Waals surface area contributed by atoms with Crippen LogP contribution in [0.25, 0.3) is 0 Å². The first-order valence-electron chi connectivity index (χ1n) is 5.86. The maximum atomic E-state index is 3.65. The molecule has 0 amide bonds. The van der Waals surface area contributed by atoms with Crippen molar-refractivity contribution in [3.8, 4) is 0 Å². The summed E-state index contributed by atoms with van der Waals surface area (Å²) in [6.07, 6.45) is 4.12. The largest absolute Gasteiger partial charge is 0.314 e. The van der Waals surface area contributed by atoms with E-state index in [9.17, 15) is 0 Å². The zero-order chi connectivity index (χ0) is 9.84. The second-order valence-corrected chi connectivity index (χ2v) is 5.09. The molecule has 78 valence electrons. The first kappa shape index (κ1) is 11.0. The molecule has 1 saturated carbocycles. The van der Waals surface area contributed by atoms with E-state index < -0.39 is 0 Å². The van der Waals surface area contributed by atoms with Crippen LogP contribution >= 0.6 is 0 Å². The van der Waals surface area contributed by atoms with E-state index in [1.807, 2.05) is 0 Å². The van der Waals surface area contributed by atoms with Crippen LogP contribution in [0.2, 0.25) is 0 Å². The summed E-state index contributed by atoms with van der Waals surface area (Å²) in [6.45, 7) is 10.5. The van der Waals surface area contributed by atoms with Gasteiger partial charge in [-0.25, -0.2) is 0 Å². The van der Waals surface area contributed by atoms with Crippen LogP contribution in [0.15, 0.2) is 0 Å². The highest BCUT2D eigenvalue weighted by Gasteiger charge is 2.30. The summed E-state index contributed by atoms with van der Waals surface area (Å²) in [7, 11) is 0. The monoisotopic (exact) mass is 183 g/mol. The molecule has 1 aliphatic carbocycles. The lowest BCUT2D eigenvalue weighted by molar-refractivity contribution is 0.164. The summed E-state index contributed by atoms with van der Waals surface area (Å²) in [5.74, 6) is 2.73. The number of nitrogens with one attached hydrogen (secondary N) is 1. The SMILES string of the molecule is CCC(C)CNC1CC(C(C)C)C1. The fraction of sp³-hybridized carbons (Fsp3) is 1.00. The number of hydrogen-bond acceptors (Lipinski definition) is 1. The smallest absolute Gasteiger partial charge is 0.00726 e. The van der Waals surface area contributed by atoms with Gasteiger partial charge in [-0.15, -0.1) is 0 Å². The van der Waals surface area contributed by atoms with E-state index in [-0.39, 0.29) is 0 Å². The highest BCUT2D eigenvalue weighted by molar-refractivity contribution is 4.86. The van der Waals surface area contributed by atoms with Gasteiger partial charge in [-0.2, -0.15) is 0 Å². The Morgan fingerprint density at radius 2 is 1.85 bits per heavy atom. The topological polar surface area (TPSA) is 12.0 Å². The van der Waals surface area contributed by atoms with Gasteiger partial charge in [0.15, 0.2) is 0 Å². The van der Waals surface area contributed by atoms with Crippen molar-refractivity contribution in [1.29, 1.82) is 0 Å². The molecule has 13 heavy (non-hydrogen) atoms. The van der Waals surface area contributed by atoms with Crippen molar-refractivity contribution in [3.05, 3.63) is 0 Å². The van der Waals surface area contributed by atoms with E-state index in [1.165, 1.54) is 25.8 Å². The minimum Gasteiger partial charge on any atom is -0.314 e. The number of hydrogen-bond donors (Lipinski definition) is 1. The first-order chi connectivity index (χ1) is 6.13. The lowest BCUT2D eigenvalue weighted by atomic mass is 9.73. The van der Waals surface area contributed by atoms with Crippen LogP contribution in [0.1, 0.15) is 47.0 Å². The first-order valence-corrected chi connectivity index (χ1v) is 5.86. The minimum atomic E-state index is 0.835. The lowest BCUT2D eigenvalue weighted by Gasteiger charge is -2.39. The van der Waals surface area contributed by atoms with Crippen molar-refractivity contribution < 1.29 is 0 Å². The molecule has 1 nitrogen and oxygen atoms in total. The lowest BCUT2D eigenvalue weighted by Crippen LogP contribution is -2.44. The Morgan fingerprint density at radius 1 is 1.23 bits per heavy atom. The predicted molar refractivity (Wildman–Crippen MR) is 58.8 cm³/mol. The van der Waals surface area contributed by atoms with Gasteiger partial charge in [-0.1, -0.05) is 34.1 Å². The van der Waals surface area contributed by atoms with Crippen LogP contribution in [0, 0.1) is 17.8 Å². The Morgan fingerprint density at radius 3 is 2.31 bits per heavy atom. The highest BCUT2D eigenvalue weighted by atomic mass is 14.9. The molecule has 0 heterocycles. The van der Waals surface area contributed by atoms with Crippen molar-refractivity contribution in [2.24, 2.45) is 17.8 Å². The molecule has 1 fully saturated rings. The van der Waals surface area contributed by atoms with Gasteiger partial charge in [0.1, 0.15) is 0 Å². The summed E-state index contributed by atoms with van der Waals surface area (Å²) in [5, 5.41) is 3.65. The fourth-order valence-electron chi connectivity index (χ4n) is 1.89. The van der Waals surface area contributed by atoms with Crippen LogP contribution in [0.3, 0.4) is 0 Å². The van der Waals surface area contributed by atoms with Gasteiger partial charge in [0.2, 0.25) is 0 Å². The van der Waals surface area contributed by atoms with Crippen molar-refractivity contribution in [1.82, 2.24) is 5.32 Å².